The molecule has 0 saturated carbocycles. The van der Waals surface area contributed by atoms with Gasteiger partial charge in [0.05, 0.1) is 4.90 Å². The zero-order chi connectivity index (χ0) is 22.9. The van der Waals surface area contributed by atoms with Gasteiger partial charge in [-0.25, -0.2) is 12.8 Å². The summed E-state index contributed by atoms with van der Waals surface area (Å²) in [6.07, 6.45) is 5.80. The monoisotopic (exact) mass is 459 g/mol. The highest BCUT2D eigenvalue weighted by molar-refractivity contribution is 7.89. The molecule has 2 N–H and O–H groups in total. The van der Waals surface area contributed by atoms with Crippen LogP contribution in [-0.2, 0) is 14.8 Å². The molecule has 31 heavy (non-hydrogen) atoms. The van der Waals surface area contributed by atoms with Gasteiger partial charge in [-0.15, -0.1) is 13.2 Å². The number of amides is 1. The molecule has 0 heterocycles. The van der Waals surface area contributed by atoms with E-state index in [-0.39, 0.29) is 28.9 Å². The molecule has 0 atom stereocenters. The van der Waals surface area contributed by atoms with Gasteiger partial charge in [0.1, 0.15) is 5.82 Å². The topological polar surface area (TPSA) is 78.5 Å². The molecular weight excluding hydrogens is 437 g/mol. The standard InChI is InChI=1S/C22H22FN3O3S2/c1-3-15-26(16-4-2)31(28,29)20-12-10-19(11-13-20)24-22(30)25-21(27)14-7-17-5-8-18(23)9-6-17/h3-14H,1-2,15-16H2,(H2,24,25,27,30)/b14-7-. The molecule has 0 unspecified atom stereocenters. The number of benzene rings is 2. The van der Waals surface area contributed by atoms with Gasteiger partial charge < -0.3 is 5.32 Å². The number of halogens is 1. The van der Waals surface area contributed by atoms with Crippen LogP contribution in [0.25, 0.3) is 6.08 Å². The number of anilines is 1. The number of rotatable bonds is 9. The molecule has 0 spiro atoms. The van der Waals surface area contributed by atoms with Crippen molar-refractivity contribution in [3.05, 3.63) is 91.3 Å². The molecule has 0 bridgehead atoms. The van der Waals surface area contributed by atoms with Crippen molar-refractivity contribution in [1.29, 1.82) is 0 Å². The first-order chi connectivity index (χ1) is 14.8. The van der Waals surface area contributed by atoms with Crippen molar-refractivity contribution in [3.63, 3.8) is 0 Å². The normalized spacial score (nSPS) is 11.3. The van der Waals surface area contributed by atoms with Gasteiger partial charge in [-0.2, -0.15) is 4.31 Å². The lowest BCUT2D eigenvalue weighted by Gasteiger charge is -2.19. The summed E-state index contributed by atoms with van der Waals surface area (Å²) in [5, 5.41) is 5.34. The summed E-state index contributed by atoms with van der Waals surface area (Å²) in [7, 11) is -3.70. The average Bonchev–Trinajstić information content (AvgIpc) is 2.73. The van der Waals surface area contributed by atoms with Crippen molar-refractivity contribution in [3.8, 4) is 0 Å². The minimum atomic E-state index is -3.70. The van der Waals surface area contributed by atoms with Crippen molar-refractivity contribution in [2.75, 3.05) is 18.4 Å². The molecule has 0 radical (unpaired) electrons. The molecule has 9 heteroatoms. The number of thiocarbonyl (C=S) groups is 1. The predicted molar refractivity (Wildman–Crippen MR) is 125 cm³/mol. The summed E-state index contributed by atoms with van der Waals surface area (Å²) in [5.41, 5.74) is 1.17. The van der Waals surface area contributed by atoms with Crippen LogP contribution in [0.5, 0.6) is 0 Å². The smallest absolute Gasteiger partial charge is 0.250 e. The molecule has 1 amide bonds. The minimum absolute atomic E-state index is 0.0457. The van der Waals surface area contributed by atoms with Gasteiger partial charge in [-0.05, 0) is 60.3 Å². The summed E-state index contributed by atoms with van der Waals surface area (Å²) in [5.74, 6) is -0.828. The van der Waals surface area contributed by atoms with E-state index in [2.05, 4.69) is 23.8 Å². The molecule has 162 valence electrons. The van der Waals surface area contributed by atoms with Crippen LogP contribution in [0.1, 0.15) is 5.56 Å². The van der Waals surface area contributed by atoms with Gasteiger partial charge in [0.25, 0.3) is 0 Å². The van der Waals surface area contributed by atoms with E-state index in [1.165, 1.54) is 65.0 Å². The van der Waals surface area contributed by atoms with Gasteiger partial charge in [-0.3, -0.25) is 10.1 Å². The lowest BCUT2D eigenvalue weighted by atomic mass is 10.2. The van der Waals surface area contributed by atoms with E-state index in [1.54, 1.807) is 12.1 Å². The fraction of sp³-hybridized carbons (Fsp3) is 0.0909. The fourth-order valence-electron chi connectivity index (χ4n) is 2.48. The number of sulfonamides is 1. The maximum Gasteiger partial charge on any atom is 0.250 e. The Kier molecular flexibility index (Phi) is 8.80. The largest absolute Gasteiger partial charge is 0.332 e. The van der Waals surface area contributed by atoms with Crippen molar-refractivity contribution in [1.82, 2.24) is 9.62 Å². The van der Waals surface area contributed by atoms with Gasteiger partial charge in [0.15, 0.2) is 5.11 Å². The number of carbonyl (C=O) groups is 1. The molecule has 2 aromatic carbocycles. The van der Waals surface area contributed by atoms with Crippen LogP contribution in [0.15, 0.2) is 84.8 Å². The van der Waals surface area contributed by atoms with E-state index >= 15 is 0 Å². The fourth-order valence-corrected chi connectivity index (χ4v) is 4.08. The molecule has 0 fully saturated rings. The Morgan fingerprint density at radius 3 is 2.16 bits per heavy atom. The highest BCUT2D eigenvalue weighted by Gasteiger charge is 2.22. The second-order valence-corrected chi connectivity index (χ2v) is 8.60. The second kappa shape index (κ2) is 11.3. The Balaban J connectivity index is 1.98. The second-order valence-electron chi connectivity index (χ2n) is 6.25. The maximum absolute atomic E-state index is 12.9. The Morgan fingerprint density at radius 1 is 1.03 bits per heavy atom. The molecule has 0 aliphatic carbocycles. The van der Waals surface area contributed by atoms with E-state index in [1.807, 2.05) is 0 Å². The SMILES string of the molecule is C=CCN(CC=C)S(=O)(=O)c1ccc(NC(=S)NC(=O)/C=C\c2ccc(F)cc2)cc1. The van der Waals surface area contributed by atoms with E-state index in [4.69, 9.17) is 12.2 Å². The van der Waals surface area contributed by atoms with Crippen LogP contribution in [0, 0.1) is 5.82 Å². The Hall–Kier alpha value is -3.14. The number of nitrogens with one attached hydrogen (secondary N) is 2. The van der Waals surface area contributed by atoms with E-state index < -0.39 is 15.9 Å². The number of hydrogen-bond donors (Lipinski definition) is 2. The first-order valence-electron chi connectivity index (χ1n) is 9.14. The summed E-state index contributed by atoms with van der Waals surface area (Å²) in [6, 6.07) is 11.6. The summed E-state index contributed by atoms with van der Waals surface area (Å²) < 4.78 is 39.5. The van der Waals surface area contributed by atoms with Gasteiger partial charge in [0.2, 0.25) is 15.9 Å². The van der Waals surface area contributed by atoms with Crippen molar-refractivity contribution in [2.45, 2.75) is 4.90 Å². The lowest BCUT2D eigenvalue weighted by Crippen LogP contribution is -2.33. The summed E-state index contributed by atoms with van der Waals surface area (Å²) in [4.78, 5) is 12.1. The number of hydrogen-bond acceptors (Lipinski definition) is 4. The van der Waals surface area contributed by atoms with Crippen molar-refractivity contribution < 1.29 is 17.6 Å². The third kappa shape index (κ3) is 7.25. The first kappa shape index (κ1) is 24.1. The maximum atomic E-state index is 12.9. The zero-order valence-electron chi connectivity index (χ0n) is 16.6. The van der Waals surface area contributed by atoms with Gasteiger partial charge in [-0.1, -0.05) is 24.3 Å². The van der Waals surface area contributed by atoms with Crippen LogP contribution >= 0.6 is 12.2 Å². The Bertz CT molecular complexity index is 1070. The summed E-state index contributed by atoms with van der Waals surface area (Å²) in [6.45, 7) is 7.48. The number of carbonyl (C=O) groups excluding carboxylic acids is 1. The Morgan fingerprint density at radius 2 is 1.61 bits per heavy atom. The molecule has 0 aliphatic rings. The summed E-state index contributed by atoms with van der Waals surface area (Å²) >= 11 is 5.10. The van der Waals surface area contributed by atoms with E-state index in [0.29, 0.717) is 11.3 Å². The van der Waals surface area contributed by atoms with E-state index in [0.717, 1.165) is 0 Å². The van der Waals surface area contributed by atoms with Crippen LogP contribution in [0.4, 0.5) is 10.1 Å². The van der Waals surface area contributed by atoms with Crippen LogP contribution in [-0.4, -0.2) is 36.8 Å². The predicted octanol–water partition coefficient (Wildman–Crippen LogP) is 3.71. The number of nitrogens with zero attached hydrogens (tertiary/aromatic N) is 1. The van der Waals surface area contributed by atoms with Crippen LogP contribution in [0.2, 0.25) is 0 Å². The van der Waals surface area contributed by atoms with Crippen LogP contribution in [0.3, 0.4) is 0 Å². The molecule has 0 aromatic heterocycles. The van der Waals surface area contributed by atoms with E-state index in [9.17, 15) is 17.6 Å². The Labute approximate surface area is 186 Å². The molecule has 0 aliphatic heterocycles. The third-order valence-electron chi connectivity index (χ3n) is 3.95. The molecular formula is C22H22FN3O3S2. The van der Waals surface area contributed by atoms with Gasteiger partial charge in [0, 0.05) is 24.9 Å². The molecule has 2 aromatic rings. The molecule has 0 saturated heterocycles. The van der Waals surface area contributed by atoms with Crippen molar-refractivity contribution >= 4 is 45.0 Å². The van der Waals surface area contributed by atoms with Gasteiger partial charge >= 0.3 is 0 Å². The first-order valence-corrected chi connectivity index (χ1v) is 11.0. The van der Waals surface area contributed by atoms with Crippen molar-refractivity contribution in [2.24, 2.45) is 0 Å². The quantitative estimate of drug-likeness (QED) is 0.340. The highest BCUT2D eigenvalue weighted by Crippen LogP contribution is 2.18. The zero-order valence-corrected chi connectivity index (χ0v) is 18.3. The van der Waals surface area contributed by atoms with Crippen LogP contribution < -0.4 is 10.6 Å². The third-order valence-corrected chi connectivity index (χ3v) is 6.00. The minimum Gasteiger partial charge on any atom is -0.332 e. The lowest BCUT2D eigenvalue weighted by molar-refractivity contribution is -0.115. The molecule has 2 rings (SSSR count). The highest BCUT2D eigenvalue weighted by atomic mass is 32.2. The average molecular weight is 460 g/mol. The molecule has 6 nitrogen and oxygen atoms in total.